The standard InChI is InChI=1S/C15H18N2O2/c1-17-10-8-12(11-17)7-9-16-15(18)13-5-3-4-6-14(13)19-2/h3-6,8,10-11H,7,9H2,1-2H3,(H,16,18). The topological polar surface area (TPSA) is 43.3 Å². The zero-order valence-corrected chi connectivity index (χ0v) is 11.2. The van der Waals surface area contributed by atoms with Crippen LogP contribution < -0.4 is 10.1 Å². The molecule has 0 bridgehead atoms. The summed E-state index contributed by atoms with van der Waals surface area (Å²) in [7, 11) is 3.55. The van der Waals surface area contributed by atoms with E-state index >= 15 is 0 Å². The van der Waals surface area contributed by atoms with Gasteiger partial charge in [-0.05, 0) is 30.2 Å². The Bertz CT molecular complexity index is 561. The molecule has 0 aliphatic carbocycles. The van der Waals surface area contributed by atoms with Crippen LogP contribution in [0.3, 0.4) is 0 Å². The first-order valence-corrected chi connectivity index (χ1v) is 6.23. The number of para-hydroxylation sites is 1. The third-order valence-corrected chi connectivity index (χ3v) is 2.94. The number of aryl methyl sites for hydroxylation is 1. The molecule has 0 aliphatic rings. The second-order valence-corrected chi connectivity index (χ2v) is 4.39. The molecular formula is C15H18N2O2. The molecule has 0 fully saturated rings. The molecule has 0 saturated heterocycles. The molecule has 19 heavy (non-hydrogen) atoms. The Morgan fingerprint density at radius 2 is 2.11 bits per heavy atom. The van der Waals surface area contributed by atoms with Gasteiger partial charge in [-0.2, -0.15) is 0 Å². The molecule has 0 unspecified atom stereocenters. The highest BCUT2D eigenvalue weighted by atomic mass is 16.5. The average Bonchev–Trinajstić information content (AvgIpc) is 2.84. The van der Waals surface area contributed by atoms with Crippen molar-refractivity contribution in [3.63, 3.8) is 0 Å². The van der Waals surface area contributed by atoms with Gasteiger partial charge in [0.05, 0.1) is 12.7 Å². The molecule has 0 spiro atoms. The van der Waals surface area contributed by atoms with Crippen LogP contribution in [0.2, 0.25) is 0 Å². The van der Waals surface area contributed by atoms with E-state index in [4.69, 9.17) is 4.74 Å². The summed E-state index contributed by atoms with van der Waals surface area (Å²) in [6, 6.07) is 9.27. The number of nitrogens with zero attached hydrogens (tertiary/aromatic N) is 1. The van der Waals surface area contributed by atoms with E-state index in [1.54, 1.807) is 19.2 Å². The summed E-state index contributed by atoms with van der Waals surface area (Å²) in [6.07, 6.45) is 4.87. The van der Waals surface area contributed by atoms with Crippen LogP contribution in [0.4, 0.5) is 0 Å². The maximum absolute atomic E-state index is 12.0. The van der Waals surface area contributed by atoms with Gasteiger partial charge in [0.25, 0.3) is 5.91 Å². The predicted molar refractivity (Wildman–Crippen MR) is 74.4 cm³/mol. The molecule has 100 valence electrons. The predicted octanol–water partition coefficient (Wildman–Crippen LogP) is 2.01. The van der Waals surface area contributed by atoms with E-state index in [1.165, 1.54) is 5.56 Å². The summed E-state index contributed by atoms with van der Waals surface area (Å²) in [5, 5.41) is 2.90. The fourth-order valence-corrected chi connectivity index (χ4v) is 1.96. The van der Waals surface area contributed by atoms with Gasteiger partial charge in [0.1, 0.15) is 5.75 Å². The quantitative estimate of drug-likeness (QED) is 0.891. The number of rotatable bonds is 5. The first-order chi connectivity index (χ1) is 9.20. The fourth-order valence-electron chi connectivity index (χ4n) is 1.96. The minimum Gasteiger partial charge on any atom is -0.496 e. The molecule has 0 aliphatic heterocycles. The van der Waals surface area contributed by atoms with Crippen LogP contribution in [0.1, 0.15) is 15.9 Å². The smallest absolute Gasteiger partial charge is 0.255 e. The van der Waals surface area contributed by atoms with Crippen molar-refractivity contribution in [1.29, 1.82) is 0 Å². The number of carbonyl (C=O) groups is 1. The van der Waals surface area contributed by atoms with Crippen LogP contribution in [0.5, 0.6) is 5.75 Å². The molecule has 1 aromatic carbocycles. The van der Waals surface area contributed by atoms with Gasteiger partial charge in [-0.1, -0.05) is 12.1 Å². The maximum atomic E-state index is 12.0. The van der Waals surface area contributed by atoms with Crippen LogP contribution in [-0.2, 0) is 13.5 Å². The van der Waals surface area contributed by atoms with Gasteiger partial charge in [-0.25, -0.2) is 0 Å². The first kappa shape index (κ1) is 13.2. The van der Waals surface area contributed by atoms with E-state index in [2.05, 4.69) is 17.6 Å². The second kappa shape index (κ2) is 6.09. The summed E-state index contributed by atoms with van der Waals surface area (Å²) >= 11 is 0. The van der Waals surface area contributed by atoms with Crippen LogP contribution >= 0.6 is 0 Å². The van der Waals surface area contributed by atoms with Crippen LogP contribution in [0.15, 0.2) is 42.7 Å². The molecule has 1 N–H and O–H groups in total. The lowest BCUT2D eigenvalue weighted by Crippen LogP contribution is -2.26. The number of methoxy groups -OCH3 is 1. The summed E-state index contributed by atoms with van der Waals surface area (Å²) in [4.78, 5) is 12.0. The van der Waals surface area contributed by atoms with Gasteiger partial charge in [-0.15, -0.1) is 0 Å². The van der Waals surface area contributed by atoms with Gasteiger partial charge < -0.3 is 14.6 Å². The lowest BCUT2D eigenvalue weighted by atomic mass is 10.2. The van der Waals surface area contributed by atoms with Crippen molar-refractivity contribution >= 4 is 5.91 Å². The van der Waals surface area contributed by atoms with Crippen LogP contribution in [-0.4, -0.2) is 24.1 Å². The normalized spacial score (nSPS) is 10.2. The fraction of sp³-hybridized carbons (Fsp3) is 0.267. The number of nitrogens with one attached hydrogen (secondary N) is 1. The van der Waals surface area contributed by atoms with E-state index in [-0.39, 0.29) is 5.91 Å². The number of benzene rings is 1. The van der Waals surface area contributed by atoms with Gasteiger partial charge >= 0.3 is 0 Å². The lowest BCUT2D eigenvalue weighted by molar-refractivity contribution is 0.0951. The Morgan fingerprint density at radius 1 is 1.32 bits per heavy atom. The molecule has 1 aromatic heterocycles. The molecule has 4 heteroatoms. The highest BCUT2D eigenvalue weighted by Crippen LogP contribution is 2.16. The Balaban J connectivity index is 1.90. The number of hydrogen-bond donors (Lipinski definition) is 1. The van der Waals surface area contributed by atoms with Crippen molar-refractivity contribution in [2.45, 2.75) is 6.42 Å². The van der Waals surface area contributed by atoms with E-state index in [0.717, 1.165) is 6.42 Å². The maximum Gasteiger partial charge on any atom is 0.255 e. The summed E-state index contributed by atoms with van der Waals surface area (Å²) in [6.45, 7) is 0.612. The molecule has 2 aromatic rings. The minimum absolute atomic E-state index is 0.103. The molecule has 2 rings (SSSR count). The van der Waals surface area contributed by atoms with Gasteiger partial charge in [0, 0.05) is 26.0 Å². The first-order valence-electron chi connectivity index (χ1n) is 6.23. The Labute approximate surface area is 113 Å². The lowest BCUT2D eigenvalue weighted by Gasteiger charge is -2.08. The third-order valence-electron chi connectivity index (χ3n) is 2.94. The van der Waals surface area contributed by atoms with E-state index in [0.29, 0.717) is 17.9 Å². The Morgan fingerprint density at radius 3 is 2.79 bits per heavy atom. The molecule has 1 amide bonds. The number of amides is 1. The van der Waals surface area contributed by atoms with Gasteiger partial charge in [-0.3, -0.25) is 4.79 Å². The average molecular weight is 258 g/mol. The van der Waals surface area contributed by atoms with E-state index in [9.17, 15) is 4.79 Å². The highest BCUT2D eigenvalue weighted by molar-refractivity contribution is 5.96. The molecular weight excluding hydrogens is 240 g/mol. The zero-order chi connectivity index (χ0) is 13.7. The molecule has 0 atom stereocenters. The van der Waals surface area contributed by atoms with Crippen molar-refractivity contribution in [1.82, 2.24) is 9.88 Å². The largest absolute Gasteiger partial charge is 0.496 e. The molecule has 0 saturated carbocycles. The zero-order valence-electron chi connectivity index (χ0n) is 11.2. The van der Waals surface area contributed by atoms with Crippen molar-refractivity contribution in [3.05, 3.63) is 53.9 Å². The van der Waals surface area contributed by atoms with Crippen molar-refractivity contribution in [3.8, 4) is 5.75 Å². The monoisotopic (exact) mass is 258 g/mol. The van der Waals surface area contributed by atoms with Crippen LogP contribution in [0.25, 0.3) is 0 Å². The van der Waals surface area contributed by atoms with Crippen molar-refractivity contribution in [2.24, 2.45) is 7.05 Å². The van der Waals surface area contributed by atoms with Crippen molar-refractivity contribution in [2.75, 3.05) is 13.7 Å². The second-order valence-electron chi connectivity index (χ2n) is 4.39. The summed E-state index contributed by atoms with van der Waals surface area (Å²) in [5.74, 6) is 0.494. The number of ether oxygens (including phenoxy) is 1. The highest BCUT2D eigenvalue weighted by Gasteiger charge is 2.10. The Hall–Kier alpha value is -2.23. The van der Waals surface area contributed by atoms with Gasteiger partial charge in [0.2, 0.25) is 0 Å². The number of carbonyl (C=O) groups excluding carboxylic acids is 1. The van der Waals surface area contributed by atoms with E-state index in [1.807, 2.05) is 29.9 Å². The summed E-state index contributed by atoms with van der Waals surface area (Å²) in [5.41, 5.74) is 1.78. The summed E-state index contributed by atoms with van der Waals surface area (Å²) < 4.78 is 7.17. The molecule has 1 heterocycles. The number of hydrogen-bond acceptors (Lipinski definition) is 2. The molecule has 4 nitrogen and oxygen atoms in total. The number of aromatic nitrogens is 1. The van der Waals surface area contributed by atoms with E-state index < -0.39 is 0 Å². The third kappa shape index (κ3) is 3.37. The van der Waals surface area contributed by atoms with Crippen molar-refractivity contribution < 1.29 is 9.53 Å². The Kier molecular flexibility index (Phi) is 4.23. The minimum atomic E-state index is -0.103. The SMILES string of the molecule is COc1ccccc1C(=O)NCCc1ccn(C)c1. The van der Waals surface area contributed by atoms with Gasteiger partial charge in [0.15, 0.2) is 0 Å². The molecule has 0 radical (unpaired) electrons. The van der Waals surface area contributed by atoms with Crippen LogP contribution in [0, 0.1) is 0 Å².